The Labute approximate surface area is 123 Å². The van der Waals surface area contributed by atoms with E-state index in [2.05, 4.69) is 0 Å². The van der Waals surface area contributed by atoms with Gasteiger partial charge in [-0.2, -0.15) is 0 Å². The highest BCUT2D eigenvalue weighted by molar-refractivity contribution is 6.42. The molecule has 0 aromatic heterocycles. The van der Waals surface area contributed by atoms with Crippen LogP contribution < -0.4 is 10.5 Å². The third-order valence-electron chi connectivity index (χ3n) is 2.92. The number of rotatable bonds is 4. The van der Waals surface area contributed by atoms with Gasteiger partial charge in [-0.3, -0.25) is 0 Å². The molecule has 2 aromatic rings. The Morgan fingerprint density at radius 3 is 2.47 bits per heavy atom. The second-order valence-corrected chi connectivity index (χ2v) is 5.09. The minimum atomic E-state index is -0.196. The van der Waals surface area contributed by atoms with E-state index in [0.29, 0.717) is 22.3 Å². The molecule has 2 N–H and O–H groups in total. The van der Waals surface area contributed by atoms with Gasteiger partial charge in [-0.15, -0.1) is 0 Å². The maximum atomic E-state index is 5.97. The molecule has 4 heteroatoms. The summed E-state index contributed by atoms with van der Waals surface area (Å²) in [5.41, 5.74) is 8.04. The van der Waals surface area contributed by atoms with Gasteiger partial charge in [0.25, 0.3) is 0 Å². The number of halogens is 2. The lowest BCUT2D eigenvalue weighted by molar-refractivity contribution is 0.213. The second kappa shape index (κ2) is 6.29. The van der Waals surface area contributed by atoms with Crippen LogP contribution in [-0.2, 0) is 0 Å². The highest BCUT2D eigenvalue weighted by Crippen LogP contribution is 2.29. The maximum absolute atomic E-state index is 5.97. The van der Waals surface area contributed by atoms with Crippen molar-refractivity contribution in [3.05, 3.63) is 63.6 Å². The first-order chi connectivity index (χ1) is 9.11. The van der Waals surface area contributed by atoms with Gasteiger partial charge < -0.3 is 10.5 Å². The molecule has 0 heterocycles. The van der Waals surface area contributed by atoms with Crippen molar-refractivity contribution in [1.29, 1.82) is 0 Å². The summed E-state index contributed by atoms with van der Waals surface area (Å²) in [5, 5.41) is 0.980. The summed E-state index contributed by atoms with van der Waals surface area (Å²) < 4.78 is 5.90. The third-order valence-corrected chi connectivity index (χ3v) is 3.66. The van der Waals surface area contributed by atoms with Crippen LogP contribution in [0.15, 0.2) is 42.5 Å². The first-order valence-electron chi connectivity index (χ1n) is 5.99. The van der Waals surface area contributed by atoms with Crippen molar-refractivity contribution in [1.82, 2.24) is 0 Å². The van der Waals surface area contributed by atoms with Crippen molar-refractivity contribution < 1.29 is 4.74 Å². The molecule has 1 atom stereocenters. The predicted octanol–water partition coefficient (Wildman–Crippen LogP) is 4.38. The Morgan fingerprint density at radius 1 is 1.11 bits per heavy atom. The highest BCUT2D eigenvalue weighted by Gasteiger charge is 2.14. The molecule has 0 spiro atoms. The monoisotopic (exact) mass is 295 g/mol. The van der Waals surface area contributed by atoms with E-state index in [0.717, 1.165) is 11.1 Å². The van der Waals surface area contributed by atoms with Crippen LogP contribution in [0, 0.1) is 6.92 Å². The number of benzene rings is 2. The first kappa shape index (κ1) is 14.2. The predicted molar refractivity (Wildman–Crippen MR) is 80.1 cm³/mol. The lowest BCUT2D eigenvalue weighted by Gasteiger charge is -2.20. The van der Waals surface area contributed by atoms with Gasteiger partial charge in [0.15, 0.2) is 0 Å². The minimum Gasteiger partial charge on any atom is -0.484 e. The summed E-state index contributed by atoms with van der Waals surface area (Å²) in [6.07, 6.45) is -0.196. The summed E-state index contributed by atoms with van der Waals surface area (Å²) >= 11 is 11.9. The van der Waals surface area contributed by atoms with E-state index < -0.39 is 0 Å². The Balaban J connectivity index is 2.24. The Bertz CT molecular complexity index is 572. The molecule has 0 bridgehead atoms. The lowest BCUT2D eigenvalue weighted by atomic mass is 10.0. The van der Waals surface area contributed by atoms with Crippen LogP contribution >= 0.6 is 23.2 Å². The van der Waals surface area contributed by atoms with Crippen molar-refractivity contribution in [2.45, 2.75) is 13.0 Å². The first-order valence-corrected chi connectivity index (χ1v) is 6.74. The van der Waals surface area contributed by atoms with Crippen LogP contribution in [0.5, 0.6) is 5.75 Å². The molecule has 0 saturated carbocycles. The Morgan fingerprint density at radius 2 is 1.84 bits per heavy atom. The fourth-order valence-corrected chi connectivity index (χ4v) is 2.19. The van der Waals surface area contributed by atoms with Crippen LogP contribution in [0.3, 0.4) is 0 Å². The van der Waals surface area contributed by atoms with Gasteiger partial charge in [-0.1, -0.05) is 47.5 Å². The van der Waals surface area contributed by atoms with Crippen LogP contribution in [0.2, 0.25) is 10.0 Å². The van der Waals surface area contributed by atoms with Crippen molar-refractivity contribution in [3.8, 4) is 5.75 Å². The molecule has 0 aliphatic heterocycles. The minimum absolute atomic E-state index is 0.196. The number of nitrogens with two attached hydrogens (primary N) is 1. The molecule has 100 valence electrons. The normalized spacial score (nSPS) is 12.2. The summed E-state index contributed by atoms with van der Waals surface area (Å²) in [6, 6.07) is 13.2. The van der Waals surface area contributed by atoms with Crippen molar-refractivity contribution >= 4 is 23.2 Å². The number of hydrogen-bond acceptors (Lipinski definition) is 2. The average Bonchev–Trinajstić information content (AvgIpc) is 2.41. The van der Waals surface area contributed by atoms with Gasteiger partial charge in [0.2, 0.25) is 0 Å². The maximum Gasteiger partial charge on any atom is 0.136 e. The van der Waals surface area contributed by atoms with Crippen molar-refractivity contribution in [2.24, 2.45) is 5.73 Å². The molecule has 1 unspecified atom stereocenters. The third kappa shape index (κ3) is 3.41. The number of aryl methyl sites for hydroxylation is 1. The standard InChI is InChI=1S/C15H15Cl2NO/c1-10-4-2-3-5-12(10)15(9-18)19-11-6-7-13(16)14(17)8-11/h2-8,15H,9,18H2,1H3. The van der Waals surface area contributed by atoms with Crippen molar-refractivity contribution in [2.75, 3.05) is 6.54 Å². The van der Waals surface area contributed by atoms with E-state index in [4.69, 9.17) is 33.7 Å². The zero-order valence-electron chi connectivity index (χ0n) is 10.6. The van der Waals surface area contributed by atoms with Gasteiger partial charge >= 0.3 is 0 Å². The van der Waals surface area contributed by atoms with E-state index in [1.54, 1.807) is 18.2 Å². The summed E-state index contributed by atoms with van der Waals surface area (Å²) in [4.78, 5) is 0. The summed E-state index contributed by atoms with van der Waals surface area (Å²) in [6.45, 7) is 2.43. The second-order valence-electron chi connectivity index (χ2n) is 4.27. The zero-order chi connectivity index (χ0) is 13.8. The fraction of sp³-hybridized carbons (Fsp3) is 0.200. The van der Waals surface area contributed by atoms with Crippen LogP contribution in [0.1, 0.15) is 17.2 Å². The molecule has 0 aliphatic rings. The van der Waals surface area contributed by atoms with Crippen molar-refractivity contribution in [3.63, 3.8) is 0 Å². The van der Waals surface area contributed by atoms with Gasteiger partial charge in [0, 0.05) is 12.6 Å². The molecule has 0 fully saturated rings. The van der Waals surface area contributed by atoms with E-state index in [9.17, 15) is 0 Å². The zero-order valence-corrected chi connectivity index (χ0v) is 12.1. The molecular weight excluding hydrogens is 281 g/mol. The van der Waals surface area contributed by atoms with E-state index in [-0.39, 0.29) is 6.10 Å². The smallest absolute Gasteiger partial charge is 0.136 e. The molecule has 2 nitrogen and oxygen atoms in total. The lowest BCUT2D eigenvalue weighted by Crippen LogP contribution is -2.19. The summed E-state index contributed by atoms with van der Waals surface area (Å²) in [7, 11) is 0. The molecule has 19 heavy (non-hydrogen) atoms. The summed E-state index contributed by atoms with van der Waals surface area (Å²) in [5.74, 6) is 0.660. The topological polar surface area (TPSA) is 35.2 Å². The largest absolute Gasteiger partial charge is 0.484 e. The number of ether oxygens (including phenoxy) is 1. The van der Waals surface area contributed by atoms with Gasteiger partial charge in [0.05, 0.1) is 10.0 Å². The van der Waals surface area contributed by atoms with Crippen LogP contribution in [0.4, 0.5) is 0 Å². The van der Waals surface area contributed by atoms with Crippen LogP contribution in [0.25, 0.3) is 0 Å². The Hall–Kier alpha value is -1.22. The Kier molecular flexibility index (Phi) is 4.70. The average molecular weight is 296 g/mol. The molecule has 0 saturated heterocycles. The molecule has 2 rings (SSSR count). The van der Waals surface area contributed by atoms with E-state index >= 15 is 0 Å². The quantitative estimate of drug-likeness (QED) is 0.908. The molecule has 0 amide bonds. The molecule has 2 aromatic carbocycles. The SMILES string of the molecule is Cc1ccccc1C(CN)Oc1ccc(Cl)c(Cl)c1. The van der Waals surface area contributed by atoms with Gasteiger partial charge in [-0.05, 0) is 30.2 Å². The molecule has 0 radical (unpaired) electrons. The molecule has 0 aliphatic carbocycles. The fourth-order valence-electron chi connectivity index (χ4n) is 1.90. The molecular formula is C15H15Cl2NO. The van der Waals surface area contributed by atoms with Crippen LogP contribution in [-0.4, -0.2) is 6.54 Å². The van der Waals surface area contributed by atoms with E-state index in [1.165, 1.54) is 0 Å². The van der Waals surface area contributed by atoms with Gasteiger partial charge in [-0.25, -0.2) is 0 Å². The highest BCUT2D eigenvalue weighted by atomic mass is 35.5. The van der Waals surface area contributed by atoms with Gasteiger partial charge in [0.1, 0.15) is 11.9 Å². The number of hydrogen-bond donors (Lipinski definition) is 1. The van der Waals surface area contributed by atoms with E-state index in [1.807, 2.05) is 31.2 Å².